The first kappa shape index (κ1) is 13.9. The molecule has 0 radical (unpaired) electrons. The van der Waals surface area contributed by atoms with Crippen molar-refractivity contribution < 1.29 is 4.74 Å². The van der Waals surface area contributed by atoms with Crippen molar-refractivity contribution in [1.82, 2.24) is 5.32 Å². The number of rotatable bonds is 5. The summed E-state index contributed by atoms with van der Waals surface area (Å²) in [6.45, 7) is 8.11. The van der Waals surface area contributed by atoms with E-state index in [0.29, 0.717) is 12.1 Å². The summed E-state index contributed by atoms with van der Waals surface area (Å²) in [7, 11) is 0. The standard InChI is InChI=1S/C17H26N2O/c1-13(2)20-10-9-19-12-16(14-7-8-14)18-11-15-5-3-4-6-17(15)19/h3-6,13-14,16,18H,7-12H2,1-2H3. The van der Waals surface area contributed by atoms with Crippen molar-refractivity contribution in [2.24, 2.45) is 5.92 Å². The van der Waals surface area contributed by atoms with Gasteiger partial charge in [0.2, 0.25) is 0 Å². The average molecular weight is 274 g/mol. The Labute approximate surface area is 122 Å². The zero-order chi connectivity index (χ0) is 13.9. The van der Waals surface area contributed by atoms with Gasteiger partial charge in [0, 0.05) is 31.4 Å². The van der Waals surface area contributed by atoms with E-state index in [1.54, 1.807) is 0 Å². The van der Waals surface area contributed by atoms with Gasteiger partial charge < -0.3 is 15.0 Å². The molecule has 0 saturated heterocycles. The summed E-state index contributed by atoms with van der Waals surface area (Å²) in [5.74, 6) is 0.887. The molecular formula is C17H26N2O. The van der Waals surface area contributed by atoms with E-state index < -0.39 is 0 Å². The SMILES string of the molecule is CC(C)OCCN1CC(C2CC2)NCc2ccccc21. The van der Waals surface area contributed by atoms with Gasteiger partial charge in [0.05, 0.1) is 12.7 Å². The van der Waals surface area contributed by atoms with E-state index in [-0.39, 0.29) is 0 Å². The fourth-order valence-corrected chi connectivity index (χ4v) is 3.03. The number of anilines is 1. The lowest BCUT2D eigenvalue weighted by Gasteiger charge is -2.28. The van der Waals surface area contributed by atoms with Gasteiger partial charge in [-0.15, -0.1) is 0 Å². The van der Waals surface area contributed by atoms with Crippen LogP contribution in [0.5, 0.6) is 0 Å². The number of hydrogen-bond donors (Lipinski definition) is 1. The van der Waals surface area contributed by atoms with Gasteiger partial charge in [-0.1, -0.05) is 18.2 Å². The van der Waals surface area contributed by atoms with Gasteiger partial charge in [-0.3, -0.25) is 0 Å². The first-order valence-corrected chi connectivity index (χ1v) is 7.92. The Hall–Kier alpha value is -1.06. The van der Waals surface area contributed by atoms with Crippen LogP contribution in [-0.2, 0) is 11.3 Å². The van der Waals surface area contributed by atoms with Crippen LogP contribution in [0.25, 0.3) is 0 Å². The zero-order valence-electron chi connectivity index (χ0n) is 12.6. The highest BCUT2D eigenvalue weighted by Gasteiger charge is 2.33. The van der Waals surface area contributed by atoms with Crippen molar-refractivity contribution in [3.63, 3.8) is 0 Å². The normalized spacial score (nSPS) is 22.8. The molecule has 1 aliphatic heterocycles. The molecule has 1 heterocycles. The molecule has 1 aromatic rings. The van der Waals surface area contributed by atoms with E-state index in [2.05, 4.69) is 48.3 Å². The van der Waals surface area contributed by atoms with E-state index in [4.69, 9.17) is 4.74 Å². The maximum absolute atomic E-state index is 5.75. The maximum atomic E-state index is 5.75. The molecule has 2 aliphatic rings. The van der Waals surface area contributed by atoms with Crippen molar-refractivity contribution in [3.05, 3.63) is 29.8 Å². The van der Waals surface area contributed by atoms with Crippen LogP contribution in [-0.4, -0.2) is 31.8 Å². The lowest BCUT2D eigenvalue weighted by atomic mass is 10.1. The van der Waals surface area contributed by atoms with Crippen molar-refractivity contribution in [2.75, 3.05) is 24.6 Å². The Balaban J connectivity index is 1.72. The highest BCUT2D eigenvalue weighted by atomic mass is 16.5. The Morgan fingerprint density at radius 1 is 1.30 bits per heavy atom. The molecule has 110 valence electrons. The molecule has 0 bridgehead atoms. The molecule has 0 amide bonds. The molecule has 0 spiro atoms. The summed E-state index contributed by atoms with van der Waals surface area (Å²) in [6.07, 6.45) is 3.10. The minimum Gasteiger partial charge on any atom is -0.377 e. The van der Waals surface area contributed by atoms with Gasteiger partial charge >= 0.3 is 0 Å². The van der Waals surface area contributed by atoms with Gasteiger partial charge in [0.25, 0.3) is 0 Å². The monoisotopic (exact) mass is 274 g/mol. The third kappa shape index (κ3) is 3.33. The molecule has 1 unspecified atom stereocenters. The number of hydrogen-bond acceptors (Lipinski definition) is 3. The minimum absolute atomic E-state index is 0.314. The second-order valence-corrected chi connectivity index (χ2v) is 6.32. The molecule has 1 saturated carbocycles. The smallest absolute Gasteiger partial charge is 0.0645 e. The molecule has 3 nitrogen and oxygen atoms in total. The fourth-order valence-electron chi connectivity index (χ4n) is 3.03. The van der Waals surface area contributed by atoms with Crippen LogP contribution in [0.15, 0.2) is 24.3 Å². The largest absolute Gasteiger partial charge is 0.377 e. The number of fused-ring (bicyclic) bond motifs is 1. The fraction of sp³-hybridized carbons (Fsp3) is 0.647. The van der Waals surface area contributed by atoms with Gasteiger partial charge in [0.1, 0.15) is 0 Å². The highest BCUT2D eigenvalue weighted by molar-refractivity contribution is 5.54. The van der Waals surface area contributed by atoms with E-state index in [9.17, 15) is 0 Å². The van der Waals surface area contributed by atoms with E-state index >= 15 is 0 Å². The summed E-state index contributed by atoms with van der Waals surface area (Å²) >= 11 is 0. The van der Waals surface area contributed by atoms with Crippen LogP contribution in [0.4, 0.5) is 5.69 Å². The Morgan fingerprint density at radius 3 is 2.85 bits per heavy atom. The predicted molar refractivity (Wildman–Crippen MR) is 83.1 cm³/mol. The number of benzene rings is 1. The minimum atomic E-state index is 0.314. The molecule has 0 aromatic heterocycles. The van der Waals surface area contributed by atoms with Crippen LogP contribution in [0, 0.1) is 5.92 Å². The second-order valence-electron chi connectivity index (χ2n) is 6.32. The summed E-state index contributed by atoms with van der Waals surface area (Å²) in [6, 6.07) is 9.42. The summed E-state index contributed by atoms with van der Waals surface area (Å²) in [5.41, 5.74) is 2.80. The predicted octanol–water partition coefficient (Wildman–Crippen LogP) is 2.80. The van der Waals surface area contributed by atoms with Crippen molar-refractivity contribution in [2.45, 2.75) is 45.4 Å². The van der Waals surface area contributed by atoms with Gasteiger partial charge in [-0.05, 0) is 44.2 Å². The molecule has 3 rings (SSSR count). The van der Waals surface area contributed by atoms with Gasteiger partial charge in [-0.2, -0.15) is 0 Å². The highest BCUT2D eigenvalue weighted by Crippen LogP contribution is 2.35. The average Bonchev–Trinajstić information content (AvgIpc) is 3.25. The maximum Gasteiger partial charge on any atom is 0.0645 e. The lowest BCUT2D eigenvalue weighted by molar-refractivity contribution is 0.0838. The first-order valence-electron chi connectivity index (χ1n) is 7.92. The summed E-state index contributed by atoms with van der Waals surface area (Å²) in [4.78, 5) is 2.51. The first-order chi connectivity index (χ1) is 9.74. The Bertz CT molecular complexity index is 442. The van der Waals surface area contributed by atoms with Crippen LogP contribution < -0.4 is 10.2 Å². The molecule has 1 atom stereocenters. The second kappa shape index (κ2) is 6.15. The topological polar surface area (TPSA) is 24.5 Å². The molecule has 1 aliphatic carbocycles. The van der Waals surface area contributed by atoms with Crippen molar-refractivity contribution in [3.8, 4) is 0 Å². The molecular weight excluding hydrogens is 248 g/mol. The van der Waals surface area contributed by atoms with E-state index in [1.807, 2.05) is 0 Å². The quantitative estimate of drug-likeness (QED) is 0.893. The van der Waals surface area contributed by atoms with Crippen molar-refractivity contribution in [1.29, 1.82) is 0 Å². The number of nitrogens with zero attached hydrogens (tertiary/aromatic N) is 1. The Kier molecular flexibility index (Phi) is 4.27. The van der Waals surface area contributed by atoms with Crippen LogP contribution in [0.2, 0.25) is 0 Å². The zero-order valence-corrected chi connectivity index (χ0v) is 12.6. The van der Waals surface area contributed by atoms with E-state index in [0.717, 1.165) is 32.2 Å². The third-order valence-corrected chi connectivity index (χ3v) is 4.31. The molecule has 20 heavy (non-hydrogen) atoms. The van der Waals surface area contributed by atoms with Crippen LogP contribution >= 0.6 is 0 Å². The number of nitrogens with one attached hydrogen (secondary N) is 1. The molecule has 1 aromatic carbocycles. The van der Waals surface area contributed by atoms with E-state index in [1.165, 1.54) is 24.1 Å². The van der Waals surface area contributed by atoms with Crippen LogP contribution in [0.3, 0.4) is 0 Å². The van der Waals surface area contributed by atoms with Crippen LogP contribution in [0.1, 0.15) is 32.3 Å². The summed E-state index contributed by atoms with van der Waals surface area (Å²) < 4.78 is 5.75. The lowest BCUT2D eigenvalue weighted by Crippen LogP contribution is -2.41. The van der Waals surface area contributed by atoms with Gasteiger partial charge in [0.15, 0.2) is 0 Å². The third-order valence-electron chi connectivity index (χ3n) is 4.31. The van der Waals surface area contributed by atoms with Gasteiger partial charge in [-0.25, -0.2) is 0 Å². The van der Waals surface area contributed by atoms with Crippen molar-refractivity contribution >= 4 is 5.69 Å². The molecule has 3 heteroatoms. The number of ether oxygens (including phenoxy) is 1. The molecule has 1 N–H and O–H groups in total. The molecule has 1 fully saturated rings. The number of para-hydroxylation sites is 1. The summed E-state index contributed by atoms with van der Waals surface area (Å²) in [5, 5.41) is 3.75. The Morgan fingerprint density at radius 2 is 2.10 bits per heavy atom.